The van der Waals surface area contributed by atoms with Gasteiger partial charge in [0.25, 0.3) is 0 Å². The second kappa shape index (κ2) is 4.70. The number of fused-ring (bicyclic) bond motifs is 1. The fourth-order valence-corrected chi connectivity index (χ4v) is 4.18. The number of nitrogens with one attached hydrogen (secondary N) is 1. The molecule has 1 heterocycles. The number of nitrogens with zero attached hydrogens (tertiary/aromatic N) is 1. The minimum atomic E-state index is -3.25. The molecule has 1 aliphatic rings. The Morgan fingerprint density at radius 1 is 1.45 bits per heavy atom. The summed E-state index contributed by atoms with van der Waals surface area (Å²) in [6.45, 7) is 2.19. The fraction of sp³-hybridized carbons (Fsp3) is 0.500. The van der Waals surface area contributed by atoms with Crippen molar-refractivity contribution in [1.82, 2.24) is 9.55 Å². The molecule has 0 radical (unpaired) electrons. The van der Waals surface area contributed by atoms with Gasteiger partial charge < -0.3 is 9.55 Å². The first-order chi connectivity index (χ1) is 9.43. The van der Waals surface area contributed by atoms with Crippen LogP contribution < -0.4 is 0 Å². The standard InChI is InChI=1S/C14H18N2O2S2/c1-3-5-9-8-11(9)16-10-6-4-7-12(20(2,17)18)13(10)15-14(16)19/h4,6-7,9,11H,3,5,8H2,1-2H3,(H,15,19). The van der Waals surface area contributed by atoms with Gasteiger partial charge in [-0.05, 0) is 43.1 Å². The third kappa shape index (κ3) is 2.20. The minimum Gasteiger partial charge on any atom is -0.329 e. The molecule has 1 aromatic heterocycles. The van der Waals surface area contributed by atoms with Crippen molar-refractivity contribution >= 4 is 33.1 Å². The minimum absolute atomic E-state index is 0.326. The van der Waals surface area contributed by atoms with Crippen molar-refractivity contribution in [2.45, 2.75) is 37.1 Å². The van der Waals surface area contributed by atoms with E-state index in [0.29, 0.717) is 27.1 Å². The first kappa shape index (κ1) is 13.8. The summed E-state index contributed by atoms with van der Waals surface area (Å²) in [7, 11) is -3.25. The largest absolute Gasteiger partial charge is 0.329 e. The van der Waals surface area contributed by atoms with Gasteiger partial charge in [-0.15, -0.1) is 0 Å². The van der Waals surface area contributed by atoms with Gasteiger partial charge >= 0.3 is 0 Å². The van der Waals surface area contributed by atoms with Gasteiger partial charge in [-0.25, -0.2) is 8.42 Å². The van der Waals surface area contributed by atoms with Crippen LogP contribution in [0.1, 0.15) is 32.2 Å². The van der Waals surface area contributed by atoms with Crippen LogP contribution in [0.4, 0.5) is 0 Å². The molecule has 1 saturated carbocycles. The van der Waals surface area contributed by atoms with Crippen molar-refractivity contribution in [2.75, 3.05) is 6.26 Å². The van der Waals surface area contributed by atoms with E-state index in [1.54, 1.807) is 12.1 Å². The number of H-pyrrole nitrogens is 1. The molecule has 4 nitrogen and oxygen atoms in total. The van der Waals surface area contributed by atoms with Crippen molar-refractivity contribution in [3.63, 3.8) is 0 Å². The van der Waals surface area contributed by atoms with Crippen molar-refractivity contribution < 1.29 is 8.42 Å². The first-order valence-electron chi connectivity index (χ1n) is 6.86. The van der Waals surface area contributed by atoms with Crippen molar-refractivity contribution in [1.29, 1.82) is 0 Å². The Balaban J connectivity index is 2.17. The lowest BCUT2D eigenvalue weighted by atomic mass is 10.2. The van der Waals surface area contributed by atoms with Crippen LogP contribution in [-0.4, -0.2) is 24.2 Å². The maximum Gasteiger partial charge on any atom is 0.178 e. The van der Waals surface area contributed by atoms with Crippen LogP contribution in [0.2, 0.25) is 0 Å². The molecule has 2 unspecified atom stereocenters. The van der Waals surface area contributed by atoms with Gasteiger partial charge in [0.05, 0.1) is 15.9 Å². The Morgan fingerprint density at radius 3 is 2.85 bits per heavy atom. The lowest BCUT2D eigenvalue weighted by molar-refractivity contribution is 0.602. The molecule has 0 amide bonds. The van der Waals surface area contributed by atoms with Crippen LogP contribution in [0, 0.1) is 10.7 Å². The number of hydrogen-bond donors (Lipinski definition) is 1. The van der Waals surface area contributed by atoms with Crippen molar-refractivity contribution in [3.8, 4) is 0 Å². The molecule has 20 heavy (non-hydrogen) atoms. The van der Waals surface area contributed by atoms with E-state index in [4.69, 9.17) is 12.2 Å². The SMILES string of the molecule is CCCC1CC1n1c(=S)[nH]c2c(S(C)(=O)=O)cccc21. The summed E-state index contributed by atoms with van der Waals surface area (Å²) < 4.78 is 26.4. The number of aromatic nitrogens is 2. The van der Waals surface area contributed by atoms with Crippen molar-refractivity contribution in [2.24, 2.45) is 5.92 Å². The Labute approximate surface area is 123 Å². The number of rotatable bonds is 4. The summed E-state index contributed by atoms with van der Waals surface area (Å²) in [6, 6.07) is 5.78. The summed E-state index contributed by atoms with van der Waals surface area (Å²) in [6.07, 6.45) is 4.74. The van der Waals surface area contributed by atoms with E-state index >= 15 is 0 Å². The van der Waals surface area contributed by atoms with E-state index in [2.05, 4.69) is 16.5 Å². The Morgan fingerprint density at radius 2 is 2.20 bits per heavy atom. The average Bonchev–Trinajstić information content (AvgIpc) is 3.01. The van der Waals surface area contributed by atoms with Crippen LogP contribution in [-0.2, 0) is 9.84 Å². The molecular weight excluding hydrogens is 292 g/mol. The highest BCUT2D eigenvalue weighted by Crippen LogP contribution is 2.48. The molecule has 1 N–H and O–H groups in total. The number of para-hydroxylation sites is 1. The molecule has 1 fully saturated rings. The molecule has 6 heteroatoms. The van der Waals surface area contributed by atoms with Crippen LogP contribution in [0.25, 0.3) is 11.0 Å². The molecule has 0 spiro atoms. The Bertz CT molecular complexity index is 817. The zero-order valence-corrected chi connectivity index (χ0v) is 13.2. The maximum absolute atomic E-state index is 11.9. The predicted molar refractivity (Wildman–Crippen MR) is 82.3 cm³/mol. The van der Waals surface area contributed by atoms with Crippen LogP contribution >= 0.6 is 12.2 Å². The van der Waals surface area contributed by atoms with E-state index < -0.39 is 9.84 Å². The van der Waals surface area contributed by atoms with Crippen LogP contribution in [0.3, 0.4) is 0 Å². The molecule has 3 rings (SSSR count). The van der Waals surface area contributed by atoms with Gasteiger partial charge in [-0.2, -0.15) is 0 Å². The lowest BCUT2D eigenvalue weighted by Crippen LogP contribution is -1.99. The van der Waals surface area contributed by atoms with E-state index in [-0.39, 0.29) is 0 Å². The Kier molecular flexibility index (Phi) is 3.25. The number of hydrogen-bond acceptors (Lipinski definition) is 3. The molecule has 0 aliphatic heterocycles. The van der Waals surface area contributed by atoms with E-state index in [9.17, 15) is 8.42 Å². The molecule has 0 bridgehead atoms. The smallest absolute Gasteiger partial charge is 0.178 e. The molecule has 108 valence electrons. The second-order valence-corrected chi connectivity index (χ2v) is 7.95. The number of imidazole rings is 1. The van der Waals surface area contributed by atoms with Gasteiger partial charge in [0.2, 0.25) is 0 Å². The number of benzene rings is 1. The van der Waals surface area contributed by atoms with Crippen molar-refractivity contribution in [3.05, 3.63) is 23.0 Å². The molecule has 2 atom stereocenters. The molecule has 2 aromatic rings. The van der Waals surface area contributed by atoms with Gasteiger partial charge in [0, 0.05) is 12.3 Å². The topological polar surface area (TPSA) is 54.9 Å². The highest BCUT2D eigenvalue weighted by atomic mass is 32.2. The summed E-state index contributed by atoms with van der Waals surface area (Å²) in [5.74, 6) is 0.674. The Hall–Kier alpha value is -1.14. The average molecular weight is 310 g/mol. The highest BCUT2D eigenvalue weighted by Gasteiger charge is 2.39. The molecular formula is C14H18N2O2S2. The highest BCUT2D eigenvalue weighted by molar-refractivity contribution is 7.91. The normalized spacial score (nSPS) is 22.3. The van der Waals surface area contributed by atoms with Gasteiger partial charge in [-0.1, -0.05) is 19.4 Å². The first-order valence-corrected chi connectivity index (χ1v) is 9.16. The van der Waals surface area contributed by atoms with Crippen LogP contribution in [0.15, 0.2) is 23.1 Å². The van der Waals surface area contributed by atoms with Gasteiger partial charge in [-0.3, -0.25) is 0 Å². The zero-order chi connectivity index (χ0) is 14.5. The molecule has 1 aromatic carbocycles. The third-order valence-electron chi connectivity index (χ3n) is 3.99. The van der Waals surface area contributed by atoms with Crippen LogP contribution in [0.5, 0.6) is 0 Å². The lowest BCUT2D eigenvalue weighted by Gasteiger charge is -2.04. The number of aromatic amines is 1. The monoisotopic (exact) mass is 310 g/mol. The predicted octanol–water partition coefficient (Wildman–Crippen LogP) is 3.46. The quantitative estimate of drug-likeness (QED) is 0.880. The zero-order valence-electron chi connectivity index (χ0n) is 11.6. The van der Waals surface area contributed by atoms with Gasteiger partial charge in [0.15, 0.2) is 14.6 Å². The summed E-state index contributed by atoms with van der Waals surface area (Å²) >= 11 is 5.40. The summed E-state index contributed by atoms with van der Waals surface area (Å²) in [4.78, 5) is 3.41. The van der Waals surface area contributed by atoms with E-state index in [1.165, 1.54) is 19.1 Å². The summed E-state index contributed by atoms with van der Waals surface area (Å²) in [5, 5.41) is 0. The fourth-order valence-electron chi connectivity index (χ4n) is 2.99. The molecule has 0 saturated heterocycles. The van der Waals surface area contributed by atoms with Gasteiger partial charge in [0.1, 0.15) is 0 Å². The van der Waals surface area contributed by atoms with E-state index in [0.717, 1.165) is 11.9 Å². The number of sulfone groups is 1. The third-order valence-corrected chi connectivity index (χ3v) is 5.43. The second-order valence-electron chi connectivity index (χ2n) is 5.57. The maximum atomic E-state index is 11.9. The summed E-state index contributed by atoms with van der Waals surface area (Å²) in [5.41, 5.74) is 1.55. The van der Waals surface area contributed by atoms with E-state index in [1.807, 2.05) is 6.07 Å². The molecule has 1 aliphatic carbocycles.